The monoisotopic (exact) mass is 266 g/mol. The summed E-state index contributed by atoms with van der Waals surface area (Å²) in [6, 6.07) is 1.23. The third kappa shape index (κ3) is 2.98. The molecule has 3 rings (SSSR count). The maximum absolute atomic E-state index is 6.34. The number of hydrogen-bond acceptors (Lipinski definition) is 3. The van der Waals surface area contributed by atoms with E-state index in [-0.39, 0.29) is 0 Å². The molecule has 2 heterocycles. The van der Waals surface area contributed by atoms with E-state index in [0.717, 1.165) is 24.5 Å². The Morgan fingerprint density at radius 3 is 2.89 bits per heavy atom. The fraction of sp³-hybridized carbons (Fsp3) is 1.00. The summed E-state index contributed by atoms with van der Waals surface area (Å²) in [7, 11) is 0. The molecule has 0 amide bonds. The zero-order valence-electron chi connectivity index (χ0n) is 12.4. The largest absolute Gasteiger partial charge is 0.378 e. The number of ether oxygens (including phenoxy) is 1. The van der Waals surface area contributed by atoms with Crippen LogP contribution >= 0.6 is 0 Å². The molecule has 5 atom stereocenters. The molecule has 3 aliphatic rings. The van der Waals surface area contributed by atoms with Gasteiger partial charge in [-0.15, -0.1) is 0 Å². The molecule has 2 saturated heterocycles. The Morgan fingerprint density at radius 2 is 2.11 bits per heavy atom. The van der Waals surface area contributed by atoms with Gasteiger partial charge in [0.25, 0.3) is 0 Å². The second-order valence-corrected chi connectivity index (χ2v) is 6.93. The third-order valence-electron chi connectivity index (χ3n) is 5.65. The minimum Gasteiger partial charge on any atom is -0.378 e. The van der Waals surface area contributed by atoms with Crippen molar-refractivity contribution in [3.63, 3.8) is 0 Å². The molecule has 1 saturated carbocycles. The molecular weight excluding hydrogens is 236 g/mol. The SMILES string of the molecule is CCCC1CC(N2CC3CCCC(N)C3C2)CCO1. The highest BCUT2D eigenvalue weighted by atomic mass is 16.5. The van der Waals surface area contributed by atoms with Crippen LogP contribution in [0.4, 0.5) is 0 Å². The van der Waals surface area contributed by atoms with Gasteiger partial charge >= 0.3 is 0 Å². The van der Waals surface area contributed by atoms with Gasteiger partial charge in [-0.1, -0.05) is 19.8 Å². The standard InChI is InChI=1S/C16H30N2O/c1-2-4-14-9-13(7-8-19-14)18-10-12-5-3-6-16(17)15(12)11-18/h12-16H,2-11,17H2,1H3. The maximum Gasteiger partial charge on any atom is 0.0590 e. The highest BCUT2D eigenvalue weighted by molar-refractivity contribution is 4.96. The number of rotatable bonds is 3. The number of nitrogens with two attached hydrogens (primary N) is 1. The van der Waals surface area contributed by atoms with E-state index in [1.807, 2.05) is 0 Å². The third-order valence-corrected chi connectivity index (χ3v) is 5.65. The van der Waals surface area contributed by atoms with Gasteiger partial charge in [0, 0.05) is 31.8 Å². The molecule has 2 N–H and O–H groups in total. The van der Waals surface area contributed by atoms with Gasteiger partial charge < -0.3 is 10.5 Å². The zero-order chi connectivity index (χ0) is 13.2. The summed E-state index contributed by atoms with van der Waals surface area (Å²) in [4.78, 5) is 2.76. The maximum atomic E-state index is 6.34. The molecule has 1 aliphatic carbocycles. The predicted octanol–water partition coefficient (Wildman–Crippen LogP) is 2.39. The molecular formula is C16H30N2O. The summed E-state index contributed by atoms with van der Waals surface area (Å²) >= 11 is 0. The van der Waals surface area contributed by atoms with Crippen LogP contribution in [-0.2, 0) is 4.74 Å². The summed E-state index contributed by atoms with van der Waals surface area (Å²) in [5.41, 5.74) is 6.34. The van der Waals surface area contributed by atoms with Crippen molar-refractivity contribution in [3.05, 3.63) is 0 Å². The second kappa shape index (κ2) is 6.11. The van der Waals surface area contributed by atoms with E-state index in [9.17, 15) is 0 Å². The van der Waals surface area contributed by atoms with Crippen molar-refractivity contribution < 1.29 is 4.74 Å². The Labute approximate surface area is 117 Å². The van der Waals surface area contributed by atoms with Crippen molar-refractivity contribution in [2.24, 2.45) is 17.6 Å². The minimum atomic E-state index is 0.468. The Hall–Kier alpha value is -0.120. The highest BCUT2D eigenvalue weighted by Gasteiger charge is 2.41. The van der Waals surface area contributed by atoms with Crippen LogP contribution in [0.25, 0.3) is 0 Å². The molecule has 19 heavy (non-hydrogen) atoms. The van der Waals surface area contributed by atoms with E-state index in [1.54, 1.807) is 0 Å². The summed E-state index contributed by atoms with van der Waals surface area (Å²) in [6.07, 6.45) is 9.49. The number of fused-ring (bicyclic) bond motifs is 1. The van der Waals surface area contributed by atoms with E-state index < -0.39 is 0 Å². The lowest BCUT2D eigenvalue weighted by Gasteiger charge is -2.35. The first-order valence-electron chi connectivity index (χ1n) is 8.39. The van der Waals surface area contributed by atoms with E-state index >= 15 is 0 Å². The Bertz CT molecular complexity index is 294. The first kappa shape index (κ1) is 13.8. The van der Waals surface area contributed by atoms with Crippen LogP contribution < -0.4 is 5.73 Å². The summed E-state index contributed by atoms with van der Waals surface area (Å²) in [6.45, 7) is 5.79. The van der Waals surface area contributed by atoms with Gasteiger partial charge in [0.1, 0.15) is 0 Å². The van der Waals surface area contributed by atoms with Gasteiger partial charge in [-0.2, -0.15) is 0 Å². The minimum absolute atomic E-state index is 0.468. The van der Waals surface area contributed by atoms with Crippen molar-refractivity contribution in [1.29, 1.82) is 0 Å². The van der Waals surface area contributed by atoms with Crippen molar-refractivity contribution >= 4 is 0 Å². The molecule has 3 heteroatoms. The molecule has 0 aromatic carbocycles. The van der Waals surface area contributed by atoms with Gasteiger partial charge in [0.2, 0.25) is 0 Å². The van der Waals surface area contributed by atoms with Crippen LogP contribution in [0.5, 0.6) is 0 Å². The van der Waals surface area contributed by atoms with Crippen LogP contribution in [0.3, 0.4) is 0 Å². The lowest BCUT2D eigenvalue weighted by molar-refractivity contribution is -0.0273. The van der Waals surface area contributed by atoms with E-state index in [4.69, 9.17) is 10.5 Å². The average Bonchev–Trinajstić information content (AvgIpc) is 2.85. The van der Waals surface area contributed by atoms with Gasteiger partial charge in [0.05, 0.1) is 6.10 Å². The molecule has 0 aromatic heterocycles. The predicted molar refractivity (Wildman–Crippen MR) is 78.0 cm³/mol. The van der Waals surface area contributed by atoms with Crippen molar-refractivity contribution in [2.45, 2.75) is 70.1 Å². The molecule has 2 aliphatic heterocycles. The Morgan fingerprint density at radius 1 is 1.21 bits per heavy atom. The van der Waals surface area contributed by atoms with Crippen molar-refractivity contribution in [3.8, 4) is 0 Å². The zero-order valence-corrected chi connectivity index (χ0v) is 12.4. The number of nitrogens with zero attached hydrogens (tertiary/aromatic N) is 1. The quantitative estimate of drug-likeness (QED) is 0.852. The molecule has 5 unspecified atom stereocenters. The number of hydrogen-bond donors (Lipinski definition) is 1. The molecule has 0 aromatic rings. The fourth-order valence-electron chi connectivity index (χ4n) is 4.56. The van der Waals surface area contributed by atoms with Gasteiger partial charge in [-0.25, -0.2) is 0 Å². The summed E-state index contributed by atoms with van der Waals surface area (Å²) in [5, 5.41) is 0. The van der Waals surface area contributed by atoms with Gasteiger partial charge in [-0.05, 0) is 43.9 Å². The summed E-state index contributed by atoms with van der Waals surface area (Å²) < 4.78 is 5.90. The van der Waals surface area contributed by atoms with Gasteiger partial charge in [-0.3, -0.25) is 4.90 Å². The molecule has 110 valence electrons. The molecule has 0 bridgehead atoms. The lowest BCUT2D eigenvalue weighted by atomic mass is 9.78. The Kier molecular flexibility index (Phi) is 4.45. The van der Waals surface area contributed by atoms with E-state index in [1.165, 1.54) is 58.0 Å². The first-order chi connectivity index (χ1) is 9.28. The second-order valence-electron chi connectivity index (χ2n) is 6.93. The first-order valence-corrected chi connectivity index (χ1v) is 8.39. The van der Waals surface area contributed by atoms with Crippen LogP contribution in [-0.4, -0.2) is 42.8 Å². The molecule has 3 nitrogen and oxygen atoms in total. The topological polar surface area (TPSA) is 38.5 Å². The fourth-order valence-corrected chi connectivity index (χ4v) is 4.56. The average molecular weight is 266 g/mol. The lowest BCUT2D eigenvalue weighted by Crippen LogP contribution is -2.42. The van der Waals surface area contributed by atoms with Crippen LogP contribution in [0.2, 0.25) is 0 Å². The molecule has 0 radical (unpaired) electrons. The molecule has 3 fully saturated rings. The highest BCUT2D eigenvalue weighted by Crippen LogP contribution is 2.38. The van der Waals surface area contributed by atoms with Gasteiger partial charge in [0.15, 0.2) is 0 Å². The van der Waals surface area contributed by atoms with Crippen molar-refractivity contribution in [1.82, 2.24) is 4.90 Å². The van der Waals surface area contributed by atoms with E-state index in [0.29, 0.717) is 12.1 Å². The number of likely N-dealkylation sites (tertiary alicyclic amines) is 1. The normalized spacial score (nSPS) is 44.2. The van der Waals surface area contributed by atoms with Crippen LogP contribution in [0, 0.1) is 11.8 Å². The summed E-state index contributed by atoms with van der Waals surface area (Å²) in [5.74, 6) is 1.66. The van der Waals surface area contributed by atoms with Crippen molar-refractivity contribution in [2.75, 3.05) is 19.7 Å². The van der Waals surface area contributed by atoms with E-state index in [2.05, 4.69) is 11.8 Å². The van der Waals surface area contributed by atoms with Crippen LogP contribution in [0.15, 0.2) is 0 Å². The van der Waals surface area contributed by atoms with Crippen LogP contribution in [0.1, 0.15) is 51.9 Å². The smallest absolute Gasteiger partial charge is 0.0590 e. The molecule has 0 spiro atoms. The Balaban J connectivity index is 1.57.